The maximum Gasteiger partial charge on any atom is 0.0661 e. The summed E-state index contributed by atoms with van der Waals surface area (Å²) in [5, 5.41) is 3.52. The Morgan fingerprint density at radius 1 is 1.05 bits per heavy atom. The van der Waals surface area contributed by atoms with Crippen LogP contribution in [0.15, 0.2) is 24.3 Å². The SMILES string of the molecule is CCNC(COCCC(C)(C)C)c1ccc(C(C)C)cc1. The van der Waals surface area contributed by atoms with Gasteiger partial charge in [-0.05, 0) is 35.4 Å². The van der Waals surface area contributed by atoms with Crippen molar-refractivity contribution in [3.05, 3.63) is 35.4 Å². The van der Waals surface area contributed by atoms with Gasteiger partial charge in [0.25, 0.3) is 0 Å². The van der Waals surface area contributed by atoms with Crippen LogP contribution in [0.3, 0.4) is 0 Å². The van der Waals surface area contributed by atoms with Gasteiger partial charge in [0, 0.05) is 6.61 Å². The zero-order valence-corrected chi connectivity index (χ0v) is 14.7. The van der Waals surface area contributed by atoms with E-state index < -0.39 is 0 Å². The zero-order valence-electron chi connectivity index (χ0n) is 14.7. The van der Waals surface area contributed by atoms with Crippen molar-refractivity contribution in [2.75, 3.05) is 19.8 Å². The first-order valence-corrected chi connectivity index (χ1v) is 8.24. The van der Waals surface area contributed by atoms with E-state index in [9.17, 15) is 0 Å². The molecular weight excluding hydrogens is 258 g/mol. The smallest absolute Gasteiger partial charge is 0.0661 e. The minimum atomic E-state index is 0.288. The van der Waals surface area contributed by atoms with Gasteiger partial charge in [0.05, 0.1) is 12.6 Å². The molecule has 0 aliphatic rings. The average molecular weight is 291 g/mol. The highest BCUT2D eigenvalue weighted by Gasteiger charge is 2.13. The van der Waals surface area contributed by atoms with Crippen molar-refractivity contribution in [1.82, 2.24) is 5.32 Å². The van der Waals surface area contributed by atoms with Crippen LogP contribution in [-0.4, -0.2) is 19.8 Å². The largest absolute Gasteiger partial charge is 0.379 e. The van der Waals surface area contributed by atoms with E-state index in [4.69, 9.17) is 4.74 Å². The third-order valence-corrected chi connectivity index (χ3v) is 3.74. The monoisotopic (exact) mass is 291 g/mol. The van der Waals surface area contributed by atoms with E-state index in [-0.39, 0.29) is 6.04 Å². The Bertz CT molecular complexity index is 389. The van der Waals surface area contributed by atoms with Crippen molar-refractivity contribution in [3.63, 3.8) is 0 Å². The molecule has 1 aromatic carbocycles. The summed E-state index contributed by atoms with van der Waals surface area (Å²) in [5.74, 6) is 0.583. The Morgan fingerprint density at radius 3 is 2.10 bits per heavy atom. The molecule has 0 fully saturated rings. The first kappa shape index (κ1) is 18.2. The summed E-state index contributed by atoms with van der Waals surface area (Å²) in [6, 6.07) is 9.22. The number of benzene rings is 1. The van der Waals surface area contributed by atoms with Crippen LogP contribution < -0.4 is 5.32 Å². The second-order valence-corrected chi connectivity index (χ2v) is 7.32. The molecule has 0 spiro atoms. The van der Waals surface area contributed by atoms with Gasteiger partial charge < -0.3 is 10.1 Å². The lowest BCUT2D eigenvalue weighted by molar-refractivity contribution is 0.0901. The van der Waals surface area contributed by atoms with E-state index in [1.165, 1.54) is 11.1 Å². The van der Waals surface area contributed by atoms with Crippen LogP contribution in [0.25, 0.3) is 0 Å². The van der Waals surface area contributed by atoms with Gasteiger partial charge in [-0.25, -0.2) is 0 Å². The first-order valence-electron chi connectivity index (χ1n) is 8.24. The summed E-state index contributed by atoms with van der Waals surface area (Å²) < 4.78 is 5.89. The quantitative estimate of drug-likeness (QED) is 0.687. The molecule has 0 aliphatic carbocycles. The van der Waals surface area contributed by atoms with Crippen LogP contribution in [0.1, 0.15) is 71.0 Å². The van der Waals surface area contributed by atoms with Gasteiger partial charge >= 0.3 is 0 Å². The van der Waals surface area contributed by atoms with E-state index in [1.807, 2.05) is 0 Å². The minimum absolute atomic E-state index is 0.288. The maximum atomic E-state index is 5.89. The van der Waals surface area contributed by atoms with Crippen molar-refractivity contribution in [3.8, 4) is 0 Å². The van der Waals surface area contributed by atoms with E-state index in [0.29, 0.717) is 11.3 Å². The molecular formula is C19H33NO. The highest BCUT2D eigenvalue weighted by Crippen LogP contribution is 2.21. The van der Waals surface area contributed by atoms with Crippen LogP contribution >= 0.6 is 0 Å². The van der Waals surface area contributed by atoms with Crippen LogP contribution in [0.2, 0.25) is 0 Å². The van der Waals surface area contributed by atoms with Crippen LogP contribution in [0.5, 0.6) is 0 Å². The molecule has 0 aromatic heterocycles. The molecule has 1 unspecified atom stereocenters. The van der Waals surface area contributed by atoms with E-state index >= 15 is 0 Å². The number of likely N-dealkylation sites (N-methyl/N-ethyl adjacent to an activating group) is 1. The molecule has 0 amide bonds. The summed E-state index contributed by atoms with van der Waals surface area (Å²) in [5.41, 5.74) is 3.05. The number of ether oxygens (including phenoxy) is 1. The Morgan fingerprint density at radius 2 is 1.62 bits per heavy atom. The van der Waals surface area contributed by atoms with E-state index in [2.05, 4.69) is 71.1 Å². The van der Waals surface area contributed by atoms with Crippen molar-refractivity contribution < 1.29 is 4.74 Å². The topological polar surface area (TPSA) is 21.3 Å². The van der Waals surface area contributed by atoms with Crippen LogP contribution in [0.4, 0.5) is 0 Å². The van der Waals surface area contributed by atoms with Gasteiger partial charge in [0.15, 0.2) is 0 Å². The molecule has 2 heteroatoms. The third kappa shape index (κ3) is 7.10. The predicted molar refractivity (Wildman–Crippen MR) is 91.8 cm³/mol. The normalized spacial score (nSPS) is 13.7. The van der Waals surface area contributed by atoms with Crippen molar-refractivity contribution in [2.45, 2.75) is 59.9 Å². The van der Waals surface area contributed by atoms with Gasteiger partial charge in [-0.15, -0.1) is 0 Å². The zero-order chi connectivity index (χ0) is 15.9. The molecule has 120 valence electrons. The summed E-state index contributed by atoms with van der Waals surface area (Å²) in [6.07, 6.45) is 1.10. The van der Waals surface area contributed by atoms with Crippen LogP contribution in [0, 0.1) is 5.41 Å². The highest BCUT2D eigenvalue weighted by atomic mass is 16.5. The molecule has 2 nitrogen and oxygen atoms in total. The molecule has 0 radical (unpaired) electrons. The Hall–Kier alpha value is -0.860. The lowest BCUT2D eigenvalue weighted by atomic mass is 9.93. The predicted octanol–water partition coefficient (Wildman–Crippen LogP) is 4.91. The van der Waals surface area contributed by atoms with E-state index in [0.717, 1.165) is 26.2 Å². The maximum absolute atomic E-state index is 5.89. The minimum Gasteiger partial charge on any atom is -0.379 e. The van der Waals surface area contributed by atoms with Gasteiger partial charge in [-0.1, -0.05) is 65.8 Å². The number of hydrogen-bond acceptors (Lipinski definition) is 2. The number of nitrogens with one attached hydrogen (secondary N) is 1. The van der Waals surface area contributed by atoms with Crippen molar-refractivity contribution in [2.24, 2.45) is 5.41 Å². The fraction of sp³-hybridized carbons (Fsp3) is 0.684. The molecule has 1 aromatic rings. The Labute approximate surface area is 131 Å². The van der Waals surface area contributed by atoms with Gasteiger partial charge in [-0.2, -0.15) is 0 Å². The Balaban J connectivity index is 2.56. The summed E-state index contributed by atoms with van der Waals surface area (Å²) in [4.78, 5) is 0. The van der Waals surface area contributed by atoms with E-state index in [1.54, 1.807) is 0 Å². The Kier molecular flexibility index (Phi) is 7.41. The van der Waals surface area contributed by atoms with Gasteiger partial charge in [-0.3, -0.25) is 0 Å². The lowest BCUT2D eigenvalue weighted by Gasteiger charge is -2.22. The molecule has 0 aliphatic heterocycles. The fourth-order valence-electron chi connectivity index (χ4n) is 2.21. The van der Waals surface area contributed by atoms with Gasteiger partial charge in [0.1, 0.15) is 0 Å². The standard InChI is InChI=1S/C19H33NO/c1-7-20-18(14-21-13-12-19(4,5)6)17-10-8-16(9-11-17)15(2)3/h8-11,15,18,20H,7,12-14H2,1-6H3. The second-order valence-electron chi connectivity index (χ2n) is 7.32. The molecule has 0 saturated carbocycles. The molecule has 1 N–H and O–H groups in total. The highest BCUT2D eigenvalue weighted by molar-refractivity contribution is 5.27. The number of rotatable bonds is 8. The third-order valence-electron chi connectivity index (χ3n) is 3.74. The molecule has 0 heterocycles. The lowest BCUT2D eigenvalue weighted by Crippen LogP contribution is -2.26. The number of hydrogen-bond donors (Lipinski definition) is 1. The van der Waals surface area contributed by atoms with Crippen molar-refractivity contribution in [1.29, 1.82) is 0 Å². The van der Waals surface area contributed by atoms with Crippen molar-refractivity contribution >= 4 is 0 Å². The summed E-state index contributed by atoms with van der Waals surface area (Å²) in [6.45, 7) is 15.9. The molecule has 0 bridgehead atoms. The molecule has 1 atom stereocenters. The molecule has 21 heavy (non-hydrogen) atoms. The average Bonchev–Trinajstić information content (AvgIpc) is 2.41. The van der Waals surface area contributed by atoms with Crippen LogP contribution in [-0.2, 0) is 4.74 Å². The summed E-state index contributed by atoms with van der Waals surface area (Å²) >= 11 is 0. The fourth-order valence-corrected chi connectivity index (χ4v) is 2.21. The van der Waals surface area contributed by atoms with Gasteiger partial charge in [0.2, 0.25) is 0 Å². The molecule has 0 saturated heterocycles. The molecule has 1 rings (SSSR count). The summed E-state index contributed by atoms with van der Waals surface area (Å²) in [7, 11) is 0. The first-order chi connectivity index (χ1) is 9.83. The second kappa shape index (κ2) is 8.55.